The first-order valence-electron chi connectivity index (χ1n) is 9.49. The number of hydrogen-bond acceptors (Lipinski definition) is 3. The summed E-state index contributed by atoms with van der Waals surface area (Å²) >= 11 is 8.00. The van der Waals surface area contributed by atoms with Gasteiger partial charge in [0.25, 0.3) is 0 Å². The first kappa shape index (κ1) is 19.3. The predicted molar refractivity (Wildman–Crippen MR) is 115 cm³/mol. The van der Waals surface area contributed by atoms with E-state index in [2.05, 4.69) is 24.3 Å². The Morgan fingerprint density at radius 1 is 1.07 bits per heavy atom. The molecule has 5 heteroatoms. The summed E-state index contributed by atoms with van der Waals surface area (Å²) in [7, 11) is 0. The van der Waals surface area contributed by atoms with Crippen LogP contribution in [0.15, 0.2) is 58.6 Å². The van der Waals surface area contributed by atoms with Crippen molar-refractivity contribution < 1.29 is 9.59 Å². The molecule has 0 radical (unpaired) electrons. The van der Waals surface area contributed by atoms with Crippen molar-refractivity contribution in [2.45, 2.75) is 43.4 Å². The number of nitrogens with zero attached hydrogens (tertiary/aromatic N) is 1. The highest BCUT2D eigenvalue weighted by atomic mass is 35.5. The molecule has 1 aliphatic carbocycles. The Balaban J connectivity index is 1.85. The van der Waals surface area contributed by atoms with Gasteiger partial charge in [-0.05, 0) is 61.4 Å². The summed E-state index contributed by atoms with van der Waals surface area (Å²) in [5, 5.41) is 0.629. The van der Waals surface area contributed by atoms with Gasteiger partial charge in [0.1, 0.15) is 0 Å². The van der Waals surface area contributed by atoms with Gasteiger partial charge in [0.2, 0.25) is 5.91 Å². The highest BCUT2D eigenvalue weighted by Gasteiger charge is 2.40. The maximum absolute atomic E-state index is 13.3. The number of ketones is 1. The average Bonchev–Trinajstić information content (AvgIpc) is 2.70. The number of carbonyl (C=O) groups is 2. The third kappa shape index (κ3) is 3.29. The number of allylic oxidation sites excluding steroid dienone is 2. The van der Waals surface area contributed by atoms with Crippen molar-refractivity contribution in [3.8, 4) is 0 Å². The highest BCUT2D eigenvalue weighted by Crippen LogP contribution is 2.44. The minimum Gasteiger partial charge on any atom is -0.294 e. The number of hydrogen-bond donors (Lipinski definition) is 0. The zero-order chi connectivity index (χ0) is 19.8. The summed E-state index contributed by atoms with van der Waals surface area (Å²) in [6.45, 7) is 1.92. The van der Waals surface area contributed by atoms with Gasteiger partial charge in [0.05, 0.1) is 5.69 Å². The second kappa shape index (κ2) is 7.76. The summed E-state index contributed by atoms with van der Waals surface area (Å²) in [5.41, 5.74) is 4.36. The van der Waals surface area contributed by atoms with E-state index in [9.17, 15) is 9.59 Å². The third-order valence-corrected chi connectivity index (χ3v) is 6.83. The van der Waals surface area contributed by atoms with Gasteiger partial charge in [0.15, 0.2) is 5.78 Å². The van der Waals surface area contributed by atoms with Gasteiger partial charge in [-0.3, -0.25) is 14.5 Å². The van der Waals surface area contributed by atoms with Gasteiger partial charge in [-0.15, -0.1) is 11.8 Å². The third-order valence-electron chi connectivity index (χ3n) is 5.67. The molecule has 0 aromatic heterocycles. The lowest BCUT2D eigenvalue weighted by Crippen LogP contribution is -2.40. The SMILES string of the molecule is CSc1ccc(C2CC(=O)N(c3cccc(Cl)c3C)C3=C2C(=O)CCC3)cc1. The zero-order valence-corrected chi connectivity index (χ0v) is 17.6. The number of benzene rings is 2. The molecule has 1 atom stereocenters. The molecule has 0 bridgehead atoms. The van der Waals surface area contributed by atoms with E-state index in [0.717, 1.165) is 40.9 Å². The van der Waals surface area contributed by atoms with Crippen LogP contribution < -0.4 is 4.90 Å². The van der Waals surface area contributed by atoms with Crippen LogP contribution in [-0.4, -0.2) is 17.9 Å². The molecular formula is C23H22ClNO2S. The summed E-state index contributed by atoms with van der Waals surface area (Å²) in [6.07, 6.45) is 4.40. The molecule has 1 aliphatic heterocycles. The minimum absolute atomic E-state index is 0.0257. The standard InChI is InChI=1S/C23H22ClNO2S/c1-14-18(24)5-3-6-19(14)25-20-7-4-8-21(26)23(20)17(13-22(25)27)15-9-11-16(28-2)12-10-15/h3,5-6,9-12,17H,4,7-8,13H2,1-2H3. The number of amides is 1. The molecule has 1 amide bonds. The van der Waals surface area contributed by atoms with E-state index in [0.29, 0.717) is 17.9 Å². The lowest BCUT2D eigenvalue weighted by molar-refractivity contribution is -0.119. The number of thioether (sulfide) groups is 1. The quantitative estimate of drug-likeness (QED) is 0.590. The van der Waals surface area contributed by atoms with Crippen LogP contribution in [0.1, 0.15) is 42.7 Å². The smallest absolute Gasteiger partial charge is 0.232 e. The molecule has 1 heterocycles. The van der Waals surface area contributed by atoms with Crippen LogP contribution in [0.3, 0.4) is 0 Å². The number of anilines is 1. The summed E-state index contributed by atoms with van der Waals surface area (Å²) in [5.74, 6) is 0.0251. The largest absolute Gasteiger partial charge is 0.294 e. The molecule has 2 aromatic carbocycles. The number of halogens is 1. The van der Waals surface area contributed by atoms with E-state index in [1.165, 1.54) is 4.90 Å². The Hall–Kier alpha value is -2.04. The predicted octanol–water partition coefficient (Wildman–Crippen LogP) is 5.90. The van der Waals surface area contributed by atoms with E-state index in [-0.39, 0.29) is 17.6 Å². The number of carbonyl (C=O) groups excluding carboxylic acids is 2. The van der Waals surface area contributed by atoms with Crippen LogP contribution in [0.2, 0.25) is 5.02 Å². The molecule has 28 heavy (non-hydrogen) atoms. The van der Waals surface area contributed by atoms with Crippen LogP contribution in [0.5, 0.6) is 0 Å². The Labute approximate surface area is 174 Å². The van der Waals surface area contributed by atoms with E-state index >= 15 is 0 Å². The van der Waals surface area contributed by atoms with Crippen LogP contribution >= 0.6 is 23.4 Å². The molecule has 0 spiro atoms. The van der Waals surface area contributed by atoms with E-state index in [1.54, 1.807) is 16.7 Å². The van der Waals surface area contributed by atoms with Crippen molar-refractivity contribution in [1.82, 2.24) is 0 Å². The first-order chi connectivity index (χ1) is 13.5. The van der Waals surface area contributed by atoms with Crippen LogP contribution in [0, 0.1) is 6.92 Å². The summed E-state index contributed by atoms with van der Waals surface area (Å²) in [4.78, 5) is 29.1. The highest BCUT2D eigenvalue weighted by molar-refractivity contribution is 7.98. The van der Waals surface area contributed by atoms with Crippen molar-refractivity contribution >= 4 is 40.7 Å². The second-order valence-electron chi connectivity index (χ2n) is 7.28. The second-order valence-corrected chi connectivity index (χ2v) is 8.57. The fourth-order valence-electron chi connectivity index (χ4n) is 4.23. The van der Waals surface area contributed by atoms with Crippen molar-refractivity contribution in [1.29, 1.82) is 0 Å². The van der Waals surface area contributed by atoms with E-state index in [1.807, 2.05) is 31.4 Å². The van der Waals surface area contributed by atoms with Crippen molar-refractivity contribution in [2.75, 3.05) is 11.2 Å². The van der Waals surface area contributed by atoms with Crippen molar-refractivity contribution in [2.24, 2.45) is 0 Å². The minimum atomic E-state index is -0.165. The molecule has 0 fully saturated rings. The van der Waals surface area contributed by atoms with Gasteiger partial charge in [-0.2, -0.15) is 0 Å². The Kier molecular flexibility index (Phi) is 5.35. The normalized spacial score (nSPS) is 19.8. The Morgan fingerprint density at radius 2 is 1.82 bits per heavy atom. The molecule has 2 aliphatic rings. The molecule has 4 rings (SSSR count). The molecule has 0 N–H and O–H groups in total. The summed E-state index contributed by atoms with van der Waals surface area (Å²) in [6, 6.07) is 13.8. The fourth-order valence-corrected chi connectivity index (χ4v) is 4.81. The van der Waals surface area contributed by atoms with Gasteiger partial charge in [-0.1, -0.05) is 29.8 Å². The Bertz CT molecular complexity index is 981. The van der Waals surface area contributed by atoms with Crippen molar-refractivity contribution in [3.63, 3.8) is 0 Å². The molecule has 144 valence electrons. The van der Waals surface area contributed by atoms with E-state index < -0.39 is 0 Å². The van der Waals surface area contributed by atoms with Crippen LogP contribution in [0.4, 0.5) is 5.69 Å². The van der Waals surface area contributed by atoms with Gasteiger partial charge >= 0.3 is 0 Å². The molecular weight excluding hydrogens is 390 g/mol. The number of Topliss-reactive ketones (excluding diaryl/α,β-unsaturated/α-hetero) is 1. The molecule has 2 aromatic rings. The van der Waals surface area contributed by atoms with Crippen molar-refractivity contribution in [3.05, 3.63) is 69.9 Å². The average molecular weight is 412 g/mol. The fraction of sp³-hybridized carbons (Fsp3) is 0.304. The van der Waals surface area contributed by atoms with Crippen LogP contribution in [-0.2, 0) is 9.59 Å². The topological polar surface area (TPSA) is 37.4 Å². The molecule has 0 saturated carbocycles. The lowest BCUT2D eigenvalue weighted by atomic mass is 9.77. The van der Waals surface area contributed by atoms with Gasteiger partial charge < -0.3 is 0 Å². The molecule has 3 nitrogen and oxygen atoms in total. The maximum atomic E-state index is 13.3. The number of rotatable bonds is 3. The maximum Gasteiger partial charge on any atom is 0.232 e. The molecule has 0 saturated heterocycles. The molecule has 1 unspecified atom stereocenters. The van der Waals surface area contributed by atoms with Crippen LogP contribution in [0.25, 0.3) is 0 Å². The van der Waals surface area contributed by atoms with Gasteiger partial charge in [0, 0.05) is 39.9 Å². The zero-order valence-electron chi connectivity index (χ0n) is 16.0. The summed E-state index contributed by atoms with van der Waals surface area (Å²) < 4.78 is 0. The lowest BCUT2D eigenvalue weighted by Gasteiger charge is -2.39. The monoisotopic (exact) mass is 411 g/mol. The first-order valence-corrected chi connectivity index (χ1v) is 11.1. The Morgan fingerprint density at radius 3 is 2.54 bits per heavy atom. The van der Waals surface area contributed by atoms with Gasteiger partial charge in [-0.25, -0.2) is 0 Å². The van der Waals surface area contributed by atoms with E-state index in [4.69, 9.17) is 11.6 Å².